The molecule has 40 valence electrons. The molecule has 0 amide bonds. The minimum Gasteiger partial charge on any atom is -0.496 e. The van der Waals surface area contributed by atoms with Crippen LogP contribution in [-0.2, 0) is 4.74 Å². The second kappa shape index (κ2) is 1.54. The first-order chi connectivity index (χ1) is 3.30. The average Bonchev–Trinajstić information content (AvgIpc) is 1.91. The van der Waals surface area contributed by atoms with Crippen LogP contribution >= 0.6 is 0 Å². The number of ether oxygens (including phenoxy) is 1. The zero-order valence-corrected chi connectivity index (χ0v) is 4.16. The van der Waals surface area contributed by atoms with E-state index in [1.165, 1.54) is 6.26 Å². The van der Waals surface area contributed by atoms with Crippen molar-refractivity contribution >= 4 is 0 Å². The molecule has 0 saturated heterocycles. The quantitative estimate of drug-likeness (QED) is 0.473. The van der Waals surface area contributed by atoms with E-state index in [4.69, 9.17) is 9.84 Å². The molecule has 0 aromatic heterocycles. The highest BCUT2D eigenvalue weighted by molar-refractivity contribution is 4.93. The Bertz CT molecular complexity index is 88.1. The molecule has 1 unspecified atom stereocenters. The van der Waals surface area contributed by atoms with E-state index in [0.29, 0.717) is 0 Å². The zero-order chi connectivity index (χ0) is 5.28. The van der Waals surface area contributed by atoms with Crippen molar-refractivity contribution in [3.05, 3.63) is 12.3 Å². The Hall–Kier alpha value is -0.500. The van der Waals surface area contributed by atoms with Crippen molar-refractivity contribution < 1.29 is 9.84 Å². The van der Waals surface area contributed by atoms with Crippen LogP contribution in [0.2, 0.25) is 0 Å². The molecule has 0 spiro atoms. The molecule has 0 saturated carbocycles. The predicted octanol–water partition coefficient (Wildman–Crippen LogP) is 0.280. The summed E-state index contributed by atoms with van der Waals surface area (Å²) in [4.78, 5) is 0. The zero-order valence-electron chi connectivity index (χ0n) is 4.16. The summed E-state index contributed by atoms with van der Waals surface area (Å²) in [5, 5.41) is 8.79. The van der Waals surface area contributed by atoms with Crippen molar-refractivity contribution in [3.63, 3.8) is 0 Å². The van der Waals surface area contributed by atoms with Gasteiger partial charge in [0.2, 0.25) is 0 Å². The van der Waals surface area contributed by atoms with Gasteiger partial charge < -0.3 is 9.84 Å². The second-order valence-corrected chi connectivity index (χ2v) is 1.66. The minimum atomic E-state index is -0.389. The molecule has 1 aliphatic rings. The van der Waals surface area contributed by atoms with E-state index in [1.54, 1.807) is 6.08 Å². The van der Waals surface area contributed by atoms with E-state index in [-0.39, 0.29) is 12.2 Å². The monoisotopic (exact) mass is 100 g/mol. The van der Waals surface area contributed by atoms with Gasteiger partial charge >= 0.3 is 0 Å². The van der Waals surface area contributed by atoms with Gasteiger partial charge in [-0.3, -0.25) is 0 Å². The van der Waals surface area contributed by atoms with Crippen LogP contribution < -0.4 is 0 Å². The topological polar surface area (TPSA) is 29.5 Å². The summed E-state index contributed by atoms with van der Waals surface area (Å²) >= 11 is 0. The lowest BCUT2D eigenvalue weighted by Gasteiger charge is -2.04. The Labute approximate surface area is 42.4 Å². The Balaban J connectivity index is 2.45. The maximum Gasteiger partial charge on any atom is 0.124 e. The van der Waals surface area contributed by atoms with E-state index in [0.717, 1.165) is 0 Å². The molecule has 2 heteroatoms. The molecule has 0 aliphatic carbocycles. The third kappa shape index (κ3) is 0.747. The number of aliphatic hydroxyl groups excluding tert-OH is 1. The molecule has 0 fully saturated rings. The van der Waals surface area contributed by atoms with Gasteiger partial charge in [-0.05, 0) is 13.0 Å². The Morgan fingerprint density at radius 2 is 2.43 bits per heavy atom. The summed E-state index contributed by atoms with van der Waals surface area (Å²) in [6, 6.07) is 0. The van der Waals surface area contributed by atoms with Crippen molar-refractivity contribution in [2.75, 3.05) is 0 Å². The normalized spacial score (nSPS) is 38.6. The average molecular weight is 100 g/mol. The summed E-state index contributed by atoms with van der Waals surface area (Å²) in [6.45, 7) is 1.82. The Morgan fingerprint density at radius 1 is 1.71 bits per heavy atom. The van der Waals surface area contributed by atoms with Gasteiger partial charge in [-0.15, -0.1) is 0 Å². The van der Waals surface area contributed by atoms with Crippen molar-refractivity contribution in [2.24, 2.45) is 0 Å². The highest BCUT2D eigenvalue weighted by atomic mass is 16.5. The van der Waals surface area contributed by atoms with Gasteiger partial charge in [-0.2, -0.15) is 0 Å². The van der Waals surface area contributed by atoms with Gasteiger partial charge in [0.15, 0.2) is 0 Å². The molecule has 0 aromatic rings. The van der Waals surface area contributed by atoms with Gasteiger partial charge in [0.25, 0.3) is 0 Å². The Morgan fingerprint density at radius 3 is 2.57 bits per heavy atom. The highest BCUT2D eigenvalue weighted by Crippen LogP contribution is 2.07. The fraction of sp³-hybridized carbons (Fsp3) is 0.600. The fourth-order valence-electron chi connectivity index (χ4n) is 0.487. The van der Waals surface area contributed by atoms with Crippen LogP contribution in [0.1, 0.15) is 6.92 Å². The molecule has 1 aliphatic heterocycles. The van der Waals surface area contributed by atoms with E-state index in [9.17, 15) is 0 Å². The smallest absolute Gasteiger partial charge is 0.124 e. The van der Waals surface area contributed by atoms with Gasteiger partial charge in [0, 0.05) is 0 Å². The first-order valence-electron chi connectivity index (χ1n) is 2.31. The maximum atomic E-state index is 8.79. The summed E-state index contributed by atoms with van der Waals surface area (Å²) in [5.41, 5.74) is 0. The van der Waals surface area contributed by atoms with Crippen LogP contribution in [0.5, 0.6) is 0 Å². The van der Waals surface area contributed by atoms with E-state index in [2.05, 4.69) is 0 Å². The van der Waals surface area contributed by atoms with E-state index < -0.39 is 0 Å². The van der Waals surface area contributed by atoms with Crippen LogP contribution in [0, 0.1) is 0 Å². The number of aliphatic hydroxyl groups is 1. The third-order valence-electron chi connectivity index (χ3n) is 1.05. The molecule has 1 rings (SSSR count). The van der Waals surface area contributed by atoms with Crippen LogP contribution in [-0.4, -0.2) is 17.3 Å². The maximum absolute atomic E-state index is 8.79. The lowest BCUT2D eigenvalue weighted by Crippen LogP contribution is -2.15. The second-order valence-electron chi connectivity index (χ2n) is 1.66. The van der Waals surface area contributed by atoms with Crippen molar-refractivity contribution in [2.45, 2.75) is 19.1 Å². The highest BCUT2D eigenvalue weighted by Gasteiger charge is 2.14. The molecule has 7 heavy (non-hydrogen) atoms. The number of hydrogen-bond donors (Lipinski definition) is 1. The Kier molecular flexibility index (Phi) is 1.02. The molecule has 2 nitrogen and oxygen atoms in total. The summed E-state index contributed by atoms with van der Waals surface area (Å²) < 4.78 is 4.83. The molecule has 1 N–H and O–H groups in total. The van der Waals surface area contributed by atoms with Crippen molar-refractivity contribution in [1.29, 1.82) is 0 Å². The van der Waals surface area contributed by atoms with Crippen LogP contribution in [0.4, 0.5) is 0 Å². The molecular formula is C5H8O2. The lowest BCUT2D eigenvalue weighted by atomic mass is 10.2. The summed E-state index contributed by atoms with van der Waals surface area (Å²) in [5.74, 6) is 0. The molecule has 0 bridgehead atoms. The van der Waals surface area contributed by atoms with E-state index in [1.807, 2.05) is 6.92 Å². The fourth-order valence-corrected chi connectivity index (χ4v) is 0.487. The van der Waals surface area contributed by atoms with Crippen molar-refractivity contribution in [3.8, 4) is 0 Å². The first-order valence-corrected chi connectivity index (χ1v) is 2.31. The summed E-state index contributed by atoms with van der Waals surface area (Å²) in [7, 11) is 0. The third-order valence-corrected chi connectivity index (χ3v) is 1.05. The minimum absolute atomic E-state index is 0.0417. The predicted molar refractivity (Wildman–Crippen MR) is 25.7 cm³/mol. The SMILES string of the molecule is C[C@H]1OC=CC1O. The molecule has 2 atom stereocenters. The van der Waals surface area contributed by atoms with Gasteiger partial charge in [-0.25, -0.2) is 0 Å². The molecule has 0 radical (unpaired) electrons. The van der Waals surface area contributed by atoms with Gasteiger partial charge in [0.1, 0.15) is 12.2 Å². The first kappa shape index (κ1) is 4.65. The van der Waals surface area contributed by atoms with Gasteiger partial charge in [-0.1, -0.05) is 0 Å². The molecular weight excluding hydrogens is 92.1 g/mol. The van der Waals surface area contributed by atoms with Crippen LogP contribution in [0.15, 0.2) is 12.3 Å². The molecule has 1 heterocycles. The van der Waals surface area contributed by atoms with Crippen LogP contribution in [0.3, 0.4) is 0 Å². The van der Waals surface area contributed by atoms with Crippen LogP contribution in [0.25, 0.3) is 0 Å². The lowest BCUT2D eigenvalue weighted by molar-refractivity contribution is 0.0768. The van der Waals surface area contributed by atoms with Crippen molar-refractivity contribution in [1.82, 2.24) is 0 Å². The van der Waals surface area contributed by atoms with Gasteiger partial charge in [0.05, 0.1) is 6.26 Å². The molecule has 0 aromatic carbocycles. The number of rotatable bonds is 0. The number of hydrogen-bond acceptors (Lipinski definition) is 2. The standard InChI is InChI=1S/C5H8O2/c1-4-5(6)2-3-7-4/h2-6H,1H3/t4-,5?/m1/s1. The summed E-state index contributed by atoms with van der Waals surface area (Å²) in [6.07, 6.45) is 2.72. The van der Waals surface area contributed by atoms with E-state index >= 15 is 0 Å². The largest absolute Gasteiger partial charge is 0.496 e.